The Morgan fingerprint density at radius 2 is 1.88 bits per heavy atom. The minimum absolute atomic E-state index is 0.0218. The molecule has 2 aromatic carbocycles. The van der Waals surface area contributed by atoms with E-state index in [9.17, 15) is 4.79 Å². The topological polar surface area (TPSA) is 47.6 Å². The fourth-order valence-corrected chi connectivity index (χ4v) is 3.04. The number of carbonyl (C=O) groups excluding carboxylic acids is 1. The number of carbonyl (C=O) groups is 1. The number of para-hydroxylation sites is 1. The van der Waals surface area contributed by atoms with Crippen LogP contribution in [0.4, 0.5) is 0 Å². The smallest absolute Gasteiger partial charge is 0.258 e. The second kappa shape index (κ2) is 7.86. The number of nitrogens with one attached hydrogen (secondary N) is 1. The zero-order valence-corrected chi connectivity index (χ0v) is 14.0. The first kappa shape index (κ1) is 16.4. The van der Waals surface area contributed by atoms with Gasteiger partial charge in [-0.05, 0) is 55.0 Å². The quantitative estimate of drug-likeness (QED) is 0.887. The van der Waals surface area contributed by atoms with Crippen molar-refractivity contribution in [3.8, 4) is 11.5 Å². The zero-order valence-electron chi connectivity index (χ0n) is 14.0. The van der Waals surface area contributed by atoms with Gasteiger partial charge in [0.15, 0.2) is 6.61 Å². The van der Waals surface area contributed by atoms with Crippen molar-refractivity contribution >= 4 is 5.91 Å². The molecular weight excluding hydrogens is 302 g/mol. The van der Waals surface area contributed by atoms with Crippen molar-refractivity contribution in [2.45, 2.75) is 32.2 Å². The van der Waals surface area contributed by atoms with Gasteiger partial charge in [0.05, 0.1) is 7.11 Å². The summed E-state index contributed by atoms with van der Waals surface area (Å²) in [5.41, 5.74) is 3.71. The van der Waals surface area contributed by atoms with Crippen molar-refractivity contribution in [1.82, 2.24) is 5.32 Å². The number of ether oxygens (including phenoxy) is 2. The Labute approximate surface area is 142 Å². The van der Waals surface area contributed by atoms with Crippen molar-refractivity contribution in [3.05, 3.63) is 59.2 Å². The molecule has 1 N–H and O–H groups in total. The van der Waals surface area contributed by atoms with Gasteiger partial charge in [-0.25, -0.2) is 0 Å². The Morgan fingerprint density at radius 1 is 1.08 bits per heavy atom. The van der Waals surface area contributed by atoms with E-state index >= 15 is 0 Å². The van der Waals surface area contributed by atoms with Gasteiger partial charge in [0.25, 0.3) is 5.91 Å². The average molecular weight is 325 g/mol. The van der Waals surface area contributed by atoms with Crippen LogP contribution in [-0.4, -0.2) is 19.6 Å². The Kier molecular flexibility index (Phi) is 5.36. The van der Waals surface area contributed by atoms with Crippen LogP contribution < -0.4 is 14.8 Å². The molecule has 4 nitrogen and oxygen atoms in total. The number of rotatable bonds is 6. The van der Waals surface area contributed by atoms with Crippen molar-refractivity contribution in [3.63, 3.8) is 0 Å². The van der Waals surface area contributed by atoms with Gasteiger partial charge in [0.2, 0.25) is 0 Å². The summed E-state index contributed by atoms with van der Waals surface area (Å²) in [6, 6.07) is 13.8. The van der Waals surface area contributed by atoms with Gasteiger partial charge in [-0.3, -0.25) is 4.79 Å². The van der Waals surface area contributed by atoms with Crippen molar-refractivity contribution in [2.75, 3.05) is 13.7 Å². The van der Waals surface area contributed by atoms with Gasteiger partial charge >= 0.3 is 0 Å². The summed E-state index contributed by atoms with van der Waals surface area (Å²) in [5, 5.41) is 2.86. The summed E-state index contributed by atoms with van der Waals surface area (Å²) < 4.78 is 10.9. The standard InChI is InChI=1S/C20H23NO3/c1-23-19-9-5-4-8-17(19)13-21-20(22)14-24-18-11-10-15-6-2-3-7-16(15)12-18/h4-5,8-12H,2-3,6-7,13-14H2,1H3,(H,21,22). The van der Waals surface area contributed by atoms with Gasteiger partial charge in [0.1, 0.15) is 11.5 Å². The first-order valence-corrected chi connectivity index (χ1v) is 8.39. The van der Waals surface area contributed by atoms with E-state index in [1.807, 2.05) is 30.3 Å². The summed E-state index contributed by atoms with van der Waals surface area (Å²) in [6.07, 6.45) is 4.75. The predicted octanol–water partition coefficient (Wildman–Crippen LogP) is 3.27. The molecule has 1 aliphatic carbocycles. The maximum absolute atomic E-state index is 12.0. The fraction of sp³-hybridized carbons (Fsp3) is 0.350. The highest BCUT2D eigenvalue weighted by Crippen LogP contribution is 2.25. The van der Waals surface area contributed by atoms with E-state index in [1.54, 1.807) is 7.11 Å². The van der Waals surface area contributed by atoms with Gasteiger partial charge in [-0.2, -0.15) is 0 Å². The van der Waals surface area contributed by atoms with Gasteiger partial charge in [-0.15, -0.1) is 0 Å². The molecule has 3 rings (SSSR count). The highest BCUT2D eigenvalue weighted by molar-refractivity contribution is 5.77. The van der Waals surface area contributed by atoms with Crippen LogP contribution in [0.2, 0.25) is 0 Å². The lowest BCUT2D eigenvalue weighted by Crippen LogP contribution is -2.28. The largest absolute Gasteiger partial charge is 0.496 e. The molecule has 4 heteroatoms. The number of aryl methyl sites for hydroxylation is 2. The molecule has 24 heavy (non-hydrogen) atoms. The van der Waals surface area contributed by atoms with Crippen LogP contribution >= 0.6 is 0 Å². The molecule has 0 spiro atoms. The SMILES string of the molecule is COc1ccccc1CNC(=O)COc1ccc2c(c1)CCCC2. The normalized spacial score (nSPS) is 13.0. The summed E-state index contributed by atoms with van der Waals surface area (Å²) in [5.74, 6) is 1.40. The van der Waals surface area contributed by atoms with Crippen LogP contribution in [0.3, 0.4) is 0 Å². The maximum Gasteiger partial charge on any atom is 0.258 e. The van der Waals surface area contributed by atoms with Crippen molar-refractivity contribution in [2.24, 2.45) is 0 Å². The lowest BCUT2D eigenvalue weighted by Gasteiger charge is -2.16. The number of benzene rings is 2. The van der Waals surface area contributed by atoms with Crippen LogP contribution in [-0.2, 0) is 24.2 Å². The highest BCUT2D eigenvalue weighted by Gasteiger charge is 2.11. The summed E-state index contributed by atoms with van der Waals surface area (Å²) in [4.78, 5) is 12.0. The Balaban J connectivity index is 1.50. The molecule has 1 aliphatic rings. The molecule has 0 saturated carbocycles. The summed E-state index contributed by atoms with van der Waals surface area (Å²) in [6.45, 7) is 0.449. The molecule has 126 valence electrons. The van der Waals surface area contributed by atoms with E-state index in [0.29, 0.717) is 6.54 Å². The fourth-order valence-electron chi connectivity index (χ4n) is 3.04. The van der Waals surface area contributed by atoms with Crippen LogP contribution in [0.1, 0.15) is 29.5 Å². The van der Waals surface area contributed by atoms with Crippen LogP contribution in [0.25, 0.3) is 0 Å². The van der Waals surface area contributed by atoms with E-state index in [1.165, 1.54) is 24.0 Å². The van der Waals surface area contributed by atoms with Gasteiger partial charge in [-0.1, -0.05) is 24.3 Å². The molecule has 0 aliphatic heterocycles. The lowest BCUT2D eigenvalue weighted by molar-refractivity contribution is -0.123. The number of hydrogen-bond acceptors (Lipinski definition) is 3. The number of amides is 1. The Morgan fingerprint density at radius 3 is 2.71 bits per heavy atom. The number of methoxy groups -OCH3 is 1. The van der Waals surface area contributed by atoms with Crippen LogP contribution in [0.5, 0.6) is 11.5 Å². The van der Waals surface area contributed by atoms with E-state index in [4.69, 9.17) is 9.47 Å². The van der Waals surface area contributed by atoms with Crippen LogP contribution in [0, 0.1) is 0 Å². The summed E-state index contributed by atoms with van der Waals surface area (Å²) >= 11 is 0. The van der Waals surface area contributed by atoms with E-state index in [0.717, 1.165) is 29.9 Å². The van der Waals surface area contributed by atoms with Crippen molar-refractivity contribution < 1.29 is 14.3 Å². The summed E-state index contributed by atoms with van der Waals surface area (Å²) in [7, 11) is 1.62. The molecule has 0 heterocycles. The third kappa shape index (κ3) is 4.07. The Bertz CT molecular complexity index is 712. The number of hydrogen-bond donors (Lipinski definition) is 1. The minimum atomic E-state index is -0.140. The molecule has 0 unspecified atom stereocenters. The predicted molar refractivity (Wildman–Crippen MR) is 93.4 cm³/mol. The third-order valence-electron chi connectivity index (χ3n) is 4.36. The Hall–Kier alpha value is -2.49. The second-order valence-corrected chi connectivity index (χ2v) is 6.01. The second-order valence-electron chi connectivity index (χ2n) is 6.01. The van der Waals surface area contributed by atoms with E-state index < -0.39 is 0 Å². The van der Waals surface area contributed by atoms with Crippen LogP contribution in [0.15, 0.2) is 42.5 Å². The number of fused-ring (bicyclic) bond motifs is 1. The molecule has 0 bridgehead atoms. The molecular formula is C20H23NO3. The first-order valence-electron chi connectivity index (χ1n) is 8.39. The lowest BCUT2D eigenvalue weighted by atomic mass is 9.92. The van der Waals surface area contributed by atoms with E-state index in [2.05, 4.69) is 17.4 Å². The average Bonchev–Trinajstić information content (AvgIpc) is 2.64. The first-order chi connectivity index (χ1) is 11.8. The minimum Gasteiger partial charge on any atom is -0.496 e. The van der Waals surface area contributed by atoms with Gasteiger partial charge in [0, 0.05) is 12.1 Å². The maximum atomic E-state index is 12.0. The third-order valence-corrected chi connectivity index (χ3v) is 4.36. The van der Waals surface area contributed by atoms with Gasteiger partial charge < -0.3 is 14.8 Å². The molecule has 0 saturated heterocycles. The molecule has 0 fully saturated rings. The zero-order chi connectivity index (χ0) is 16.8. The molecule has 0 aromatic heterocycles. The molecule has 1 amide bonds. The monoisotopic (exact) mass is 325 g/mol. The molecule has 0 atom stereocenters. The van der Waals surface area contributed by atoms with E-state index in [-0.39, 0.29) is 12.5 Å². The molecule has 2 aromatic rings. The molecule has 0 radical (unpaired) electrons. The highest BCUT2D eigenvalue weighted by atomic mass is 16.5. The van der Waals surface area contributed by atoms with Crippen molar-refractivity contribution in [1.29, 1.82) is 0 Å².